The Labute approximate surface area is 118 Å². The molecule has 0 aliphatic heterocycles. The molecule has 0 aliphatic carbocycles. The Hall–Kier alpha value is 0.109. The van der Waals surface area contributed by atoms with E-state index >= 15 is 0 Å². The molecular weight excluding hydrogens is 318 g/mol. The second-order valence-corrected chi connectivity index (χ2v) is 4.05. The fourth-order valence-electron chi connectivity index (χ4n) is 1.24. The molecule has 1 aromatic rings. The summed E-state index contributed by atoms with van der Waals surface area (Å²) in [6.45, 7) is 9.07. The zero-order valence-electron chi connectivity index (χ0n) is 10.3. The average molecular weight is 338 g/mol. The molecule has 0 aromatic carbocycles. The first-order valence-corrected chi connectivity index (χ1v) is 5.90. The summed E-state index contributed by atoms with van der Waals surface area (Å²) in [7, 11) is 0. The third kappa shape index (κ3) is 10.6. The minimum atomic E-state index is 0. The van der Waals surface area contributed by atoms with E-state index < -0.39 is 0 Å². The largest absolute Gasteiger partial charge is 0.308 e. The first-order chi connectivity index (χ1) is 7.10. The van der Waals surface area contributed by atoms with Gasteiger partial charge in [0.1, 0.15) is 0 Å². The van der Waals surface area contributed by atoms with Gasteiger partial charge in [-0.2, -0.15) is 0 Å². The molecule has 97 valence electrons. The molecule has 0 amide bonds. The smallest absolute Gasteiger partial charge is 0.0987 e. The van der Waals surface area contributed by atoms with E-state index in [0.29, 0.717) is 0 Å². The topological polar surface area (TPSA) is 22.1 Å². The number of aromatic nitrogens is 1. The van der Waals surface area contributed by atoms with Gasteiger partial charge >= 0.3 is 0 Å². The van der Waals surface area contributed by atoms with Crippen LogP contribution in [0.25, 0.3) is 0 Å². The fourth-order valence-corrected chi connectivity index (χ4v) is 1.47. The van der Waals surface area contributed by atoms with Gasteiger partial charge in [0, 0.05) is 28.5 Å². The molecule has 0 saturated carbocycles. The fraction of sp³-hybridized carbons (Fsp3) is 0.583. The van der Waals surface area contributed by atoms with Crippen molar-refractivity contribution >= 4 is 16.3 Å². The van der Waals surface area contributed by atoms with Crippen LogP contribution in [0.2, 0.25) is 0 Å². The number of unbranched alkanes of at least 4 members (excludes halogenated alkanes) is 1. The van der Waals surface area contributed by atoms with Crippen LogP contribution in [0.4, 0.5) is 0 Å². The zero-order valence-corrected chi connectivity index (χ0v) is 12.8. The molecule has 0 aliphatic rings. The van der Waals surface area contributed by atoms with Gasteiger partial charge in [0.05, 0.1) is 22.9 Å². The molecule has 1 radical (unpaired) electrons. The van der Waals surface area contributed by atoms with Crippen molar-refractivity contribution in [2.75, 3.05) is 6.61 Å². The Balaban J connectivity index is 0. The number of hydrogen-bond acceptors (Lipinski definition) is 2. The normalized spacial score (nSPS) is 8.81. The van der Waals surface area contributed by atoms with Gasteiger partial charge < -0.3 is 3.83 Å². The van der Waals surface area contributed by atoms with Crippen molar-refractivity contribution in [1.29, 1.82) is 0 Å². The van der Waals surface area contributed by atoms with E-state index in [4.69, 9.17) is 0 Å². The van der Waals surface area contributed by atoms with Crippen LogP contribution in [0.1, 0.15) is 36.7 Å². The monoisotopic (exact) mass is 336 g/mol. The van der Waals surface area contributed by atoms with Crippen LogP contribution in [0.5, 0.6) is 0 Å². The van der Waals surface area contributed by atoms with Gasteiger partial charge in [-0.05, 0) is 44.9 Å². The number of nitrogens with zero attached hydrogens (tertiary/aromatic N) is 1. The van der Waals surface area contributed by atoms with Crippen LogP contribution in [0.15, 0.2) is 12.1 Å². The zero-order chi connectivity index (χ0) is 11.7. The van der Waals surface area contributed by atoms with E-state index in [1.807, 2.05) is 13.8 Å². The predicted octanol–water partition coefficient (Wildman–Crippen LogP) is 4.12. The van der Waals surface area contributed by atoms with Crippen molar-refractivity contribution < 1.29 is 20.9 Å². The van der Waals surface area contributed by atoms with Crippen molar-refractivity contribution in [1.82, 2.24) is 4.98 Å². The summed E-state index contributed by atoms with van der Waals surface area (Å²) in [5, 5.41) is 0. The minimum Gasteiger partial charge on any atom is -0.308 e. The van der Waals surface area contributed by atoms with Crippen molar-refractivity contribution in [3.63, 3.8) is 0 Å². The third-order valence-corrected chi connectivity index (χ3v) is 2.12. The summed E-state index contributed by atoms with van der Waals surface area (Å²) in [6, 6.07) is 4.15. The van der Waals surface area contributed by atoms with Crippen LogP contribution in [0, 0.1) is 20.8 Å². The minimum absolute atomic E-state index is 0. The van der Waals surface area contributed by atoms with Crippen molar-refractivity contribution in [2.45, 2.75) is 40.5 Å². The van der Waals surface area contributed by atoms with E-state index in [0.717, 1.165) is 24.4 Å². The third-order valence-electron chi connectivity index (χ3n) is 1.80. The first-order valence-electron chi connectivity index (χ1n) is 5.25. The SMILES string of the molecule is CCCCOBr.Cc1cc(C)nc(C)c1.[Cu]. The number of aryl methyl sites for hydroxylation is 3. The summed E-state index contributed by atoms with van der Waals surface area (Å²) < 4.78 is 4.59. The second-order valence-electron chi connectivity index (χ2n) is 3.59. The number of rotatable bonds is 3. The van der Waals surface area contributed by atoms with Crippen LogP contribution in [-0.4, -0.2) is 11.6 Å². The average Bonchev–Trinajstić information content (AvgIpc) is 2.13. The molecule has 0 bridgehead atoms. The molecule has 0 fully saturated rings. The standard InChI is InChI=1S/C8H11N.C4H9BrO.Cu/c1-6-4-7(2)9-8(3)5-6;1-2-3-4-6-5;/h4-5H,1-3H3;2-4H2,1H3;. The van der Waals surface area contributed by atoms with E-state index in [1.165, 1.54) is 12.0 Å². The summed E-state index contributed by atoms with van der Waals surface area (Å²) in [5.41, 5.74) is 3.50. The van der Waals surface area contributed by atoms with Gasteiger partial charge in [-0.3, -0.25) is 4.98 Å². The quantitative estimate of drug-likeness (QED) is 0.611. The van der Waals surface area contributed by atoms with Gasteiger partial charge in [0.25, 0.3) is 0 Å². The molecule has 0 atom stereocenters. The molecule has 16 heavy (non-hydrogen) atoms. The van der Waals surface area contributed by atoms with Crippen molar-refractivity contribution in [3.8, 4) is 0 Å². The Morgan fingerprint density at radius 2 is 1.69 bits per heavy atom. The maximum absolute atomic E-state index is 4.59. The van der Waals surface area contributed by atoms with Crippen LogP contribution >= 0.6 is 16.3 Å². The Bertz CT molecular complexity index is 227. The van der Waals surface area contributed by atoms with Gasteiger partial charge in [0.2, 0.25) is 0 Å². The number of pyridine rings is 1. The Kier molecular flexibility index (Phi) is 13.4. The molecule has 0 N–H and O–H groups in total. The number of halogens is 1. The second kappa shape index (κ2) is 11.6. The Morgan fingerprint density at radius 1 is 1.19 bits per heavy atom. The summed E-state index contributed by atoms with van der Waals surface area (Å²) in [6.07, 6.45) is 2.34. The molecule has 0 unspecified atom stereocenters. The predicted molar refractivity (Wildman–Crippen MR) is 68.2 cm³/mol. The first kappa shape index (κ1) is 18.5. The molecule has 4 heteroatoms. The van der Waals surface area contributed by atoms with Crippen molar-refractivity contribution in [3.05, 3.63) is 29.1 Å². The molecule has 2 nitrogen and oxygen atoms in total. The van der Waals surface area contributed by atoms with E-state index in [1.54, 1.807) is 0 Å². The Morgan fingerprint density at radius 3 is 1.94 bits per heavy atom. The van der Waals surface area contributed by atoms with Crippen molar-refractivity contribution in [2.24, 2.45) is 0 Å². The number of hydrogen-bond donors (Lipinski definition) is 0. The maximum atomic E-state index is 4.59. The molecule has 0 spiro atoms. The van der Waals surface area contributed by atoms with E-state index in [2.05, 4.69) is 51.1 Å². The molecule has 0 saturated heterocycles. The summed E-state index contributed by atoms with van der Waals surface area (Å²) in [5.74, 6) is 0. The van der Waals surface area contributed by atoms with Gasteiger partial charge in [-0.1, -0.05) is 13.3 Å². The van der Waals surface area contributed by atoms with Crippen LogP contribution in [0.3, 0.4) is 0 Å². The van der Waals surface area contributed by atoms with Gasteiger partial charge in [0.15, 0.2) is 0 Å². The van der Waals surface area contributed by atoms with Crippen LogP contribution < -0.4 is 0 Å². The van der Waals surface area contributed by atoms with Gasteiger partial charge in [-0.15, -0.1) is 0 Å². The molecule has 1 rings (SSSR count). The van der Waals surface area contributed by atoms with E-state index in [9.17, 15) is 0 Å². The van der Waals surface area contributed by atoms with Gasteiger partial charge in [-0.25, -0.2) is 0 Å². The molecule has 1 heterocycles. The van der Waals surface area contributed by atoms with Crippen LogP contribution in [-0.2, 0) is 20.9 Å². The van der Waals surface area contributed by atoms with E-state index in [-0.39, 0.29) is 17.1 Å². The molecular formula is C12H20BrCuNO. The maximum Gasteiger partial charge on any atom is 0.0987 e. The summed E-state index contributed by atoms with van der Waals surface area (Å²) >= 11 is 2.85. The summed E-state index contributed by atoms with van der Waals surface area (Å²) in [4.78, 5) is 4.23. The molecule has 1 aromatic heterocycles.